The summed E-state index contributed by atoms with van der Waals surface area (Å²) in [6.07, 6.45) is -9.10. The number of hydrogen-bond donors (Lipinski definition) is 1. The minimum Gasteiger partial charge on any atom is -0.367 e. The van der Waals surface area contributed by atoms with Gasteiger partial charge < -0.3 is 10.1 Å². The number of carbonyl (C=O) groups excluding carboxylic acids is 1. The number of halogens is 6. The minimum atomic E-state index is -4.67. The van der Waals surface area contributed by atoms with Crippen LogP contribution in [0.25, 0.3) is 0 Å². The molecule has 0 spiro atoms. The topological polar surface area (TPSA) is 38.3 Å². The number of carbonyl (C=O) groups is 1. The summed E-state index contributed by atoms with van der Waals surface area (Å²) >= 11 is 0. The van der Waals surface area contributed by atoms with E-state index < -0.39 is 36.0 Å². The van der Waals surface area contributed by atoms with Crippen molar-refractivity contribution in [2.45, 2.75) is 19.0 Å². The van der Waals surface area contributed by atoms with Gasteiger partial charge in [0, 0.05) is 5.69 Å². The van der Waals surface area contributed by atoms with Gasteiger partial charge in [-0.15, -0.1) is 0 Å². The normalized spacial score (nSPS) is 12.1. The number of hydrogen-bond acceptors (Lipinski definition) is 2. The van der Waals surface area contributed by atoms with Gasteiger partial charge in [0.25, 0.3) is 5.91 Å². The second kappa shape index (κ2) is 7.77. The molecule has 140 valence electrons. The molecule has 1 N–H and O–H groups in total. The molecule has 0 saturated carbocycles. The van der Waals surface area contributed by atoms with Crippen molar-refractivity contribution in [3.8, 4) is 0 Å². The van der Waals surface area contributed by atoms with Gasteiger partial charge in [-0.2, -0.15) is 26.3 Å². The van der Waals surface area contributed by atoms with E-state index in [1.54, 1.807) is 0 Å². The lowest BCUT2D eigenvalue weighted by atomic mass is 10.1. The Morgan fingerprint density at radius 1 is 0.923 bits per heavy atom. The molecule has 3 nitrogen and oxygen atoms in total. The molecule has 2 aromatic rings. The van der Waals surface area contributed by atoms with Crippen molar-refractivity contribution in [3.05, 3.63) is 65.2 Å². The standard InChI is InChI=1S/C17H13F6NO2/c18-16(19,20)10-26-9-11-5-7-12(8-6-11)24-15(25)13-3-1-2-4-14(13)17(21,22)23/h1-8H,9-10H2,(H,24,25). The van der Waals surface area contributed by atoms with E-state index >= 15 is 0 Å². The smallest absolute Gasteiger partial charge is 0.367 e. The summed E-state index contributed by atoms with van der Waals surface area (Å²) < 4.78 is 79.2. The molecule has 0 aromatic heterocycles. The Kier molecular flexibility index (Phi) is 5.91. The zero-order valence-electron chi connectivity index (χ0n) is 13.1. The molecule has 0 radical (unpaired) electrons. The van der Waals surface area contributed by atoms with Gasteiger partial charge in [-0.05, 0) is 29.8 Å². The van der Waals surface area contributed by atoms with Crippen LogP contribution in [0.15, 0.2) is 48.5 Å². The molecule has 0 aliphatic heterocycles. The van der Waals surface area contributed by atoms with Crippen molar-refractivity contribution in [2.24, 2.45) is 0 Å². The van der Waals surface area contributed by atoms with E-state index in [1.165, 1.54) is 36.4 Å². The van der Waals surface area contributed by atoms with E-state index in [0.717, 1.165) is 12.1 Å². The lowest BCUT2D eigenvalue weighted by Gasteiger charge is -2.13. The Balaban J connectivity index is 2.02. The van der Waals surface area contributed by atoms with Crippen molar-refractivity contribution in [2.75, 3.05) is 11.9 Å². The third-order valence-corrected chi connectivity index (χ3v) is 3.22. The summed E-state index contributed by atoms with van der Waals surface area (Å²) in [4.78, 5) is 12.1. The van der Waals surface area contributed by atoms with Crippen LogP contribution in [0.4, 0.5) is 32.0 Å². The first-order valence-electron chi connectivity index (χ1n) is 7.27. The zero-order chi connectivity index (χ0) is 19.4. The summed E-state index contributed by atoms with van der Waals surface area (Å²) in [6, 6.07) is 9.87. The van der Waals surface area contributed by atoms with Gasteiger partial charge in [0.2, 0.25) is 0 Å². The molecule has 0 atom stereocenters. The lowest BCUT2D eigenvalue weighted by Crippen LogP contribution is -2.18. The van der Waals surface area contributed by atoms with Crippen LogP contribution in [0.3, 0.4) is 0 Å². The van der Waals surface area contributed by atoms with Gasteiger partial charge in [-0.25, -0.2) is 0 Å². The van der Waals surface area contributed by atoms with Crippen LogP contribution in [-0.2, 0) is 17.5 Å². The van der Waals surface area contributed by atoms with E-state index in [4.69, 9.17) is 0 Å². The van der Waals surface area contributed by atoms with Crippen molar-refractivity contribution in [1.29, 1.82) is 0 Å². The second-order valence-electron chi connectivity index (χ2n) is 5.30. The number of nitrogens with one attached hydrogen (secondary N) is 1. The average molecular weight is 377 g/mol. The summed E-state index contributed by atoms with van der Waals surface area (Å²) in [5.74, 6) is -0.945. The highest BCUT2D eigenvalue weighted by Crippen LogP contribution is 2.32. The average Bonchev–Trinajstić information content (AvgIpc) is 2.54. The number of ether oxygens (including phenoxy) is 1. The molecule has 2 aromatic carbocycles. The molecule has 2 rings (SSSR count). The predicted octanol–water partition coefficient (Wildman–Crippen LogP) is 5.04. The molecule has 1 amide bonds. The molecule has 0 aliphatic carbocycles. The van der Waals surface area contributed by atoms with Crippen LogP contribution in [0, 0.1) is 0 Å². The van der Waals surface area contributed by atoms with Crippen molar-refractivity contribution >= 4 is 11.6 Å². The minimum absolute atomic E-state index is 0.201. The quantitative estimate of drug-likeness (QED) is 0.742. The lowest BCUT2D eigenvalue weighted by molar-refractivity contribution is -0.176. The SMILES string of the molecule is O=C(Nc1ccc(COCC(F)(F)F)cc1)c1ccccc1C(F)(F)F. The maximum Gasteiger partial charge on any atom is 0.417 e. The highest BCUT2D eigenvalue weighted by molar-refractivity contribution is 6.05. The Bertz CT molecular complexity index is 753. The molecular formula is C17H13F6NO2. The fraction of sp³-hybridized carbons (Fsp3) is 0.235. The van der Waals surface area contributed by atoms with Crippen molar-refractivity contribution < 1.29 is 35.9 Å². The van der Waals surface area contributed by atoms with Gasteiger partial charge in [-0.1, -0.05) is 24.3 Å². The Labute approximate surface area is 144 Å². The number of anilines is 1. The van der Waals surface area contributed by atoms with Gasteiger partial charge in [0.05, 0.1) is 17.7 Å². The molecule has 0 fully saturated rings. The van der Waals surface area contributed by atoms with E-state index in [1.807, 2.05) is 0 Å². The second-order valence-corrected chi connectivity index (χ2v) is 5.30. The molecule has 9 heteroatoms. The van der Waals surface area contributed by atoms with Crippen LogP contribution >= 0.6 is 0 Å². The summed E-state index contributed by atoms with van der Waals surface area (Å²) in [5.41, 5.74) is -0.971. The Hall–Kier alpha value is -2.55. The first-order valence-corrected chi connectivity index (χ1v) is 7.27. The van der Waals surface area contributed by atoms with Crippen LogP contribution in [0.1, 0.15) is 21.5 Å². The fourth-order valence-electron chi connectivity index (χ4n) is 2.10. The van der Waals surface area contributed by atoms with E-state index in [9.17, 15) is 31.1 Å². The first kappa shape index (κ1) is 19.8. The maximum atomic E-state index is 12.9. The molecule has 26 heavy (non-hydrogen) atoms. The monoisotopic (exact) mass is 377 g/mol. The molecule has 0 bridgehead atoms. The molecular weight excluding hydrogens is 364 g/mol. The predicted molar refractivity (Wildman–Crippen MR) is 81.6 cm³/mol. The highest BCUT2D eigenvalue weighted by Gasteiger charge is 2.34. The molecule has 0 aliphatic rings. The van der Waals surface area contributed by atoms with Gasteiger partial charge in [0.1, 0.15) is 6.61 Å². The van der Waals surface area contributed by atoms with Crippen molar-refractivity contribution in [3.63, 3.8) is 0 Å². The summed E-state index contributed by atoms with van der Waals surface area (Å²) in [7, 11) is 0. The number of benzene rings is 2. The third kappa shape index (κ3) is 5.76. The number of amides is 1. The van der Waals surface area contributed by atoms with Gasteiger partial charge in [-0.3, -0.25) is 4.79 Å². The largest absolute Gasteiger partial charge is 0.417 e. The summed E-state index contributed by atoms with van der Waals surface area (Å²) in [5, 5.41) is 2.32. The maximum absolute atomic E-state index is 12.9. The van der Waals surface area contributed by atoms with E-state index in [0.29, 0.717) is 5.56 Å². The molecule has 0 heterocycles. The number of alkyl halides is 6. The number of rotatable bonds is 5. The van der Waals surface area contributed by atoms with E-state index in [2.05, 4.69) is 10.1 Å². The fourth-order valence-corrected chi connectivity index (χ4v) is 2.10. The molecule has 0 unspecified atom stereocenters. The van der Waals surface area contributed by atoms with Crippen LogP contribution in [0.2, 0.25) is 0 Å². The van der Waals surface area contributed by atoms with Crippen molar-refractivity contribution in [1.82, 2.24) is 0 Å². The van der Waals surface area contributed by atoms with Crippen LogP contribution in [-0.4, -0.2) is 18.7 Å². The summed E-state index contributed by atoms with van der Waals surface area (Å²) in [6.45, 7) is -1.68. The molecule has 0 saturated heterocycles. The van der Waals surface area contributed by atoms with Gasteiger partial charge in [0.15, 0.2) is 0 Å². The Morgan fingerprint density at radius 3 is 2.12 bits per heavy atom. The first-order chi connectivity index (χ1) is 12.1. The highest BCUT2D eigenvalue weighted by atomic mass is 19.4. The van der Waals surface area contributed by atoms with Crippen LogP contribution in [0.5, 0.6) is 0 Å². The Morgan fingerprint density at radius 2 is 1.54 bits per heavy atom. The third-order valence-electron chi connectivity index (χ3n) is 3.22. The van der Waals surface area contributed by atoms with Crippen LogP contribution < -0.4 is 5.32 Å². The van der Waals surface area contributed by atoms with E-state index in [-0.39, 0.29) is 12.3 Å². The van der Waals surface area contributed by atoms with Gasteiger partial charge >= 0.3 is 12.4 Å². The zero-order valence-corrected chi connectivity index (χ0v) is 13.1.